The molecule has 1 aromatic heterocycles. The van der Waals surface area contributed by atoms with E-state index in [0.717, 1.165) is 17.2 Å². The van der Waals surface area contributed by atoms with Crippen molar-refractivity contribution in [3.63, 3.8) is 0 Å². The second-order valence-electron chi connectivity index (χ2n) is 5.08. The van der Waals surface area contributed by atoms with Crippen molar-refractivity contribution in [2.45, 2.75) is 25.1 Å². The Morgan fingerprint density at radius 1 is 1.26 bits per heavy atom. The summed E-state index contributed by atoms with van der Waals surface area (Å²) in [4.78, 5) is 4.64. The monoisotopic (exact) mass is 337 g/mol. The molecule has 1 aromatic carbocycles. The second-order valence-corrected chi connectivity index (χ2v) is 6.26. The number of aliphatic hydroxyl groups is 1. The first-order valence-electron chi connectivity index (χ1n) is 7.41. The molecule has 1 unspecified atom stereocenters. The van der Waals surface area contributed by atoms with Crippen LogP contribution in [0.1, 0.15) is 29.4 Å². The van der Waals surface area contributed by atoms with Crippen LogP contribution < -0.4 is 9.47 Å². The van der Waals surface area contributed by atoms with Crippen LogP contribution in [0.4, 0.5) is 0 Å². The van der Waals surface area contributed by atoms with Gasteiger partial charge in [-0.15, -0.1) is 0 Å². The molecule has 2 aromatic rings. The molecule has 1 N–H and O–H groups in total. The van der Waals surface area contributed by atoms with E-state index in [4.69, 9.17) is 9.47 Å². The second kappa shape index (κ2) is 8.21. The van der Waals surface area contributed by atoms with E-state index in [0.29, 0.717) is 24.5 Å². The third kappa shape index (κ3) is 4.17. The number of aromatic nitrogens is 3. The van der Waals surface area contributed by atoms with Gasteiger partial charge in [-0.2, -0.15) is 16.9 Å². The molecule has 0 radical (unpaired) electrons. The Morgan fingerprint density at radius 3 is 2.61 bits per heavy atom. The standard InChI is InChI=1S/C16H23N3O3S/c1-11(23-4)16-17-15(18-19(16)7-8-20)10-12-5-6-13(21-2)14(9-12)22-3/h5-6,9,11,20H,7-8,10H2,1-4H3. The first-order valence-corrected chi connectivity index (χ1v) is 8.69. The van der Waals surface area contributed by atoms with E-state index >= 15 is 0 Å². The molecule has 1 atom stereocenters. The molecule has 0 saturated heterocycles. The van der Waals surface area contributed by atoms with Crippen molar-refractivity contribution in [3.05, 3.63) is 35.4 Å². The summed E-state index contributed by atoms with van der Waals surface area (Å²) in [5, 5.41) is 14.0. The minimum absolute atomic E-state index is 0.0489. The largest absolute Gasteiger partial charge is 0.493 e. The molecule has 1 heterocycles. The van der Waals surface area contributed by atoms with Gasteiger partial charge in [-0.3, -0.25) is 0 Å². The maximum atomic E-state index is 9.20. The summed E-state index contributed by atoms with van der Waals surface area (Å²) in [6.07, 6.45) is 2.64. The number of nitrogens with zero attached hydrogens (tertiary/aromatic N) is 3. The van der Waals surface area contributed by atoms with Gasteiger partial charge in [-0.1, -0.05) is 6.07 Å². The average molecular weight is 337 g/mol. The molecule has 7 heteroatoms. The lowest BCUT2D eigenvalue weighted by Gasteiger charge is -2.08. The summed E-state index contributed by atoms with van der Waals surface area (Å²) in [7, 11) is 3.24. The number of thioether (sulfide) groups is 1. The zero-order chi connectivity index (χ0) is 16.8. The van der Waals surface area contributed by atoms with Gasteiger partial charge in [0.15, 0.2) is 17.3 Å². The first kappa shape index (κ1) is 17.6. The molecule has 0 aliphatic heterocycles. The zero-order valence-electron chi connectivity index (χ0n) is 13.9. The smallest absolute Gasteiger partial charge is 0.161 e. The third-order valence-electron chi connectivity index (χ3n) is 3.58. The van der Waals surface area contributed by atoms with Crippen LogP contribution in [-0.2, 0) is 13.0 Å². The number of hydrogen-bond donors (Lipinski definition) is 1. The molecular formula is C16H23N3O3S. The molecule has 6 nitrogen and oxygen atoms in total. The number of aliphatic hydroxyl groups excluding tert-OH is 1. The van der Waals surface area contributed by atoms with Crippen LogP contribution in [0.15, 0.2) is 18.2 Å². The number of benzene rings is 1. The van der Waals surface area contributed by atoms with Crippen molar-refractivity contribution < 1.29 is 14.6 Å². The highest BCUT2D eigenvalue weighted by atomic mass is 32.2. The van der Waals surface area contributed by atoms with E-state index in [1.807, 2.05) is 24.5 Å². The number of methoxy groups -OCH3 is 2. The molecule has 0 spiro atoms. The lowest BCUT2D eigenvalue weighted by atomic mass is 10.1. The molecule has 0 fully saturated rings. The summed E-state index contributed by atoms with van der Waals surface area (Å²) in [6.45, 7) is 2.59. The maximum Gasteiger partial charge on any atom is 0.161 e. The Balaban J connectivity index is 2.26. The van der Waals surface area contributed by atoms with Crippen molar-refractivity contribution >= 4 is 11.8 Å². The van der Waals surface area contributed by atoms with Gasteiger partial charge in [0, 0.05) is 6.42 Å². The highest BCUT2D eigenvalue weighted by Gasteiger charge is 2.16. The van der Waals surface area contributed by atoms with Crippen LogP contribution in [0, 0.1) is 0 Å². The van der Waals surface area contributed by atoms with Gasteiger partial charge in [-0.25, -0.2) is 9.67 Å². The predicted octanol–water partition coefficient (Wildman–Crippen LogP) is 2.30. The van der Waals surface area contributed by atoms with Crippen molar-refractivity contribution in [2.24, 2.45) is 0 Å². The Kier molecular flexibility index (Phi) is 6.29. The molecule has 0 aliphatic carbocycles. The Labute approximate surface area is 140 Å². The van der Waals surface area contributed by atoms with Crippen LogP contribution in [0.25, 0.3) is 0 Å². The average Bonchev–Trinajstić information content (AvgIpc) is 2.96. The van der Waals surface area contributed by atoms with Crippen molar-refractivity contribution in [1.82, 2.24) is 14.8 Å². The SMILES string of the molecule is COc1ccc(Cc2nc(C(C)SC)n(CCO)n2)cc1OC. The lowest BCUT2D eigenvalue weighted by Crippen LogP contribution is -2.09. The van der Waals surface area contributed by atoms with E-state index in [9.17, 15) is 5.11 Å². The molecule has 0 aliphatic rings. The molecule has 2 rings (SSSR count). The molecule has 0 bridgehead atoms. The fourth-order valence-electron chi connectivity index (χ4n) is 2.32. The van der Waals surface area contributed by atoms with Gasteiger partial charge >= 0.3 is 0 Å². The topological polar surface area (TPSA) is 69.4 Å². The Morgan fingerprint density at radius 2 is 2.00 bits per heavy atom. The van der Waals surface area contributed by atoms with Crippen LogP contribution >= 0.6 is 11.8 Å². The number of rotatable bonds is 8. The van der Waals surface area contributed by atoms with Gasteiger partial charge in [0.05, 0.1) is 32.6 Å². The molecular weight excluding hydrogens is 314 g/mol. The number of hydrogen-bond acceptors (Lipinski definition) is 6. The van der Waals surface area contributed by atoms with Gasteiger partial charge in [0.1, 0.15) is 5.82 Å². The summed E-state index contributed by atoms with van der Waals surface area (Å²) in [5.41, 5.74) is 1.05. The fourth-order valence-corrected chi connectivity index (χ4v) is 2.70. The molecule has 0 saturated carbocycles. The summed E-state index contributed by atoms with van der Waals surface area (Å²) in [5.74, 6) is 3.02. The fraction of sp³-hybridized carbons (Fsp3) is 0.500. The molecule has 126 valence electrons. The molecule has 0 amide bonds. The normalized spacial score (nSPS) is 12.2. The van der Waals surface area contributed by atoms with Gasteiger partial charge in [0.25, 0.3) is 0 Å². The minimum atomic E-state index is 0.0489. The Hall–Kier alpha value is -1.73. The lowest BCUT2D eigenvalue weighted by molar-refractivity contribution is 0.266. The first-order chi connectivity index (χ1) is 11.1. The van der Waals surface area contributed by atoms with Gasteiger partial charge < -0.3 is 14.6 Å². The van der Waals surface area contributed by atoms with Crippen LogP contribution in [0.5, 0.6) is 11.5 Å². The van der Waals surface area contributed by atoms with Crippen molar-refractivity contribution in [2.75, 3.05) is 27.1 Å². The van der Waals surface area contributed by atoms with Gasteiger partial charge in [-0.05, 0) is 30.9 Å². The predicted molar refractivity (Wildman–Crippen MR) is 91.4 cm³/mol. The van der Waals surface area contributed by atoms with Crippen LogP contribution in [0.2, 0.25) is 0 Å². The van der Waals surface area contributed by atoms with E-state index in [-0.39, 0.29) is 11.9 Å². The third-order valence-corrected chi connectivity index (χ3v) is 4.50. The highest BCUT2D eigenvalue weighted by molar-refractivity contribution is 7.98. The van der Waals surface area contributed by atoms with E-state index in [1.165, 1.54) is 0 Å². The zero-order valence-corrected chi connectivity index (χ0v) is 14.8. The van der Waals surface area contributed by atoms with E-state index in [2.05, 4.69) is 17.0 Å². The minimum Gasteiger partial charge on any atom is -0.493 e. The number of ether oxygens (including phenoxy) is 2. The van der Waals surface area contributed by atoms with Crippen LogP contribution in [0.3, 0.4) is 0 Å². The van der Waals surface area contributed by atoms with Crippen molar-refractivity contribution in [1.29, 1.82) is 0 Å². The van der Waals surface area contributed by atoms with Crippen LogP contribution in [-0.4, -0.2) is 47.0 Å². The quantitative estimate of drug-likeness (QED) is 0.797. The maximum absolute atomic E-state index is 9.20. The highest BCUT2D eigenvalue weighted by Crippen LogP contribution is 2.29. The molecule has 23 heavy (non-hydrogen) atoms. The Bertz CT molecular complexity index is 645. The van der Waals surface area contributed by atoms with E-state index in [1.54, 1.807) is 30.7 Å². The van der Waals surface area contributed by atoms with E-state index < -0.39 is 0 Å². The van der Waals surface area contributed by atoms with Gasteiger partial charge in [0.2, 0.25) is 0 Å². The van der Waals surface area contributed by atoms with Crippen molar-refractivity contribution in [3.8, 4) is 11.5 Å². The summed E-state index contributed by atoms with van der Waals surface area (Å²) < 4.78 is 12.4. The summed E-state index contributed by atoms with van der Waals surface area (Å²) >= 11 is 1.71. The summed E-state index contributed by atoms with van der Waals surface area (Å²) in [6, 6.07) is 5.79.